The highest BCUT2D eigenvalue weighted by molar-refractivity contribution is 14.1. The summed E-state index contributed by atoms with van der Waals surface area (Å²) in [6.45, 7) is 0. The number of aromatic nitrogens is 2. The molecule has 0 atom stereocenters. The van der Waals surface area contributed by atoms with Crippen LogP contribution >= 0.6 is 22.6 Å². The Kier molecular flexibility index (Phi) is 4.60. The molecule has 3 aromatic rings. The Hall–Kier alpha value is -1.75. The summed E-state index contributed by atoms with van der Waals surface area (Å²) in [4.78, 5) is 8.54. The van der Waals surface area contributed by atoms with Crippen LogP contribution in [0.15, 0.2) is 73.3 Å². The minimum Gasteiger partial charge on any atom is -0.264 e. The van der Waals surface area contributed by atoms with E-state index in [-0.39, 0.29) is 5.92 Å². The van der Waals surface area contributed by atoms with Crippen molar-refractivity contribution < 1.29 is 0 Å². The van der Waals surface area contributed by atoms with Gasteiger partial charge < -0.3 is 0 Å². The second-order valence-corrected chi connectivity index (χ2v) is 6.20. The van der Waals surface area contributed by atoms with Gasteiger partial charge >= 0.3 is 0 Å². The van der Waals surface area contributed by atoms with E-state index in [2.05, 4.69) is 69.0 Å². The van der Waals surface area contributed by atoms with Crippen molar-refractivity contribution in [3.63, 3.8) is 0 Å². The number of pyridine rings is 2. The smallest absolute Gasteiger partial charge is 0.0306 e. The van der Waals surface area contributed by atoms with Crippen molar-refractivity contribution in [2.45, 2.75) is 12.3 Å². The molecule has 3 rings (SSSR count). The van der Waals surface area contributed by atoms with E-state index in [4.69, 9.17) is 0 Å². The van der Waals surface area contributed by atoms with Crippen molar-refractivity contribution in [2.24, 2.45) is 0 Å². The number of hydrogen-bond acceptors (Lipinski definition) is 2. The molecule has 0 saturated carbocycles. The van der Waals surface area contributed by atoms with Crippen molar-refractivity contribution in [3.05, 3.63) is 93.6 Å². The van der Waals surface area contributed by atoms with Crippen LogP contribution in [0.2, 0.25) is 0 Å². The van der Waals surface area contributed by atoms with E-state index in [0.29, 0.717) is 0 Å². The highest BCUT2D eigenvalue weighted by atomic mass is 127. The Morgan fingerprint density at radius 2 is 1.52 bits per heavy atom. The lowest BCUT2D eigenvalue weighted by Crippen LogP contribution is -2.06. The van der Waals surface area contributed by atoms with Crippen molar-refractivity contribution in [3.8, 4) is 0 Å². The van der Waals surface area contributed by atoms with E-state index >= 15 is 0 Å². The molecule has 3 heteroatoms. The number of hydrogen-bond donors (Lipinski definition) is 0. The third kappa shape index (κ3) is 3.67. The summed E-state index contributed by atoms with van der Waals surface area (Å²) in [7, 11) is 0. The molecule has 0 aliphatic carbocycles. The summed E-state index contributed by atoms with van der Waals surface area (Å²) < 4.78 is 1.27. The van der Waals surface area contributed by atoms with E-state index < -0.39 is 0 Å². The molecule has 1 aromatic carbocycles. The lowest BCUT2D eigenvalue weighted by atomic mass is 9.88. The standard InChI is InChI=1S/C18H15IN2/c19-17-7-1-4-14(10-17)11-18(15-5-2-8-20-12-15)16-6-3-9-21-13-16/h1-10,12-13,18H,11H2. The van der Waals surface area contributed by atoms with Crippen molar-refractivity contribution >= 4 is 22.6 Å². The van der Waals surface area contributed by atoms with Gasteiger partial charge in [-0.3, -0.25) is 9.97 Å². The summed E-state index contributed by atoms with van der Waals surface area (Å²) in [6, 6.07) is 16.9. The molecule has 0 radical (unpaired) electrons. The molecule has 0 unspecified atom stereocenters. The van der Waals surface area contributed by atoms with E-state index in [1.807, 2.05) is 36.9 Å². The van der Waals surface area contributed by atoms with Gasteiger partial charge in [-0.25, -0.2) is 0 Å². The van der Waals surface area contributed by atoms with E-state index in [1.165, 1.54) is 20.3 Å². The van der Waals surface area contributed by atoms with Crippen LogP contribution in [0.1, 0.15) is 22.6 Å². The molecule has 2 nitrogen and oxygen atoms in total. The lowest BCUT2D eigenvalue weighted by Gasteiger charge is -2.17. The summed E-state index contributed by atoms with van der Waals surface area (Å²) in [6.07, 6.45) is 8.48. The molecule has 0 fully saturated rings. The third-order valence-corrected chi connectivity index (χ3v) is 4.17. The molecule has 0 saturated heterocycles. The molecular formula is C18H15IN2. The second kappa shape index (κ2) is 6.80. The van der Waals surface area contributed by atoms with E-state index in [1.54, 1.807) is 0 Å². The van der Waals surface area contributed by atoms with Crippen LogP contribution in [0.25, 0.3) is 0 Å². The zero-order chi connectivity index (χ0) is 14.5. The van der Waals surface area contributed by atoms with Gasteiger partial charge in [0, 0.05) is 34.3 Å². The summed E-state index contributed by atoms with van der Waals surface area (Å²) in [5, 5.41) is 0. The molecular weight excluding hydrogens is 371 g/mol. The van der Waals surface area contributed by atoms with Gasteiger partial charge in [0.15, 0.2) is 0 Å². The number of nitrogens with zero attached hydrogens (tertiary/aromatic N) is 2. The fourth-order valence-corrected chi connectivity index (χ4v) is 3.10. The summed E-state index contributed by atoms with van der Waals surface area (Å²) >= 11 is 2.36. The Bertz CT molecular complexity index is 659. The minimum atomic E-state index is 0.283. The lowest BCUT2D eigenvalue weighted by molar-refractivity contribution is 0.794. The molecule has 0 N–H and O–H groups in total. The number of halogens is 1. The SMILES string of the molecule is Ic1cccc(CC(c2cccnc2)c2cccnc2)c1. The summed E-state index contributed by atoms with van der Waals surface area (Å²) in [5.41, 5.74) is 3.79. The highest BCUT2D eigenvalue weighted by Crippen LogP contribution is 2.27. The van der Waals surface area contributed by atoms with Crippen LogP contribution < -0.4 is 0 Å². The van der Waals surface area contributed by atoms with Gasteiger partial charge in [0.2, 0.25) is 0 Å². The Morgan fingerprint density at radius 1 is 0.857 bits per heavy atom. The third-order valence-electron chi connectivity index (χ3n) is 3.50. The molecule has 2 aromatic heterocycles. The first kappa shape index (κ1) is 14.2. The maximum Gasteiger partial charge on any atom is 0.0306 e. The van der Waals surface area contributed by atoms with Gasteiger partial charge in [0.05, 0.1) is 0 Å². The van der Waals surface area contributed by atoms with Crippen molar-refractivity contribution in [1.29, 1.82) is 0 Å². The first-order valence-electron chi connectivity index (χ1n) is 6.87. The van der Waals surface area contributed by atoms with E-state index in [9.17, 15) is 0 Å². The monoisotopic (exact) mass is 386 g/mol. The van der Waals surface area contributed by atoms with Gasteiger partial charge in [-0.15, -0.1) is 0 Å². The average Bonchev–Trinajstić information content (AvgIpc) is 2.54. The molecule has 21 heavy (non-hydrogen) atoms. The maximum absolute atomic E-state index is 4.27. The molecule has 0 aliphatic rings. The zero-order valence-corrected chi connectivity index (χ0v) is 13.6. The van der Waals surface area contributed by atoms with Gasteiger partial charge in [-0.2, -0.15) is 0 Å². The second-order valence-electron chi connectivity index (χ2n) is 4.96. The Morgan fingerprint density at radius 3 is 2.05 bits per heavy atom. The van der Waals surface area contributed by atoms with Crippen molar-refractivity contribution in [1.82, 2.24) is 9.97 Å². The molecule has 2 heterocycles. The molecule has 0 amide bonds. The first-order chi connectivity index (χ1) is 10.3. The predicted octanol–water partition coefficient (Wildman–Crippen LogP) is 4.46. The van der Waals surface area contributed by atoms with Crippen LogP contribution in [0, 0.1) is 3.57 Å². The van der Waals surface area contributed by atoms with Crippen molar-refractivity contribution in [2.75, 3.05) is 0 Å². The van der Waals surface area contributed by atoms with Crippen LogP contribution in [0.3, 0.4) is 0 Å². The van der Waals surface area contributed by atoms with E-state index in [0.717, 1.165) is 6.42 Å². The fraction of sp³-hybridized carbons (Fsp3) is 0.111. The van der Waals surface area contributed by atoms with Crippen LogP contribution in [-0.2, 0) is 6.42 Å². The fourth-order valence-electron chi connectivity index (χ4n) is 2.49. The maximum atomic E-state index is 4.27. The number of rotatable bonds is 4. The highest BCUT2D eigenvalue weighted by Gasteiger charge is 2.15. The molecule has 0 aliphatic heterocycles. The Labute approximate surface area is 138 Å². The average molecular weight is 386 g/mol. The van der Waals surface area contributed by atoms with Gasteiger partial charge in [-0.1, -0.05) is 24.3 Å². The van der Waals surface area contributed by atoms with Crippen LogP contribution in [0.4, 0.5) is 0 Å². The molecule has 0 spiro atoms. The topological polar surface area (TPSA) is 25.8 Å². The molecule has 104 valence electrons. The van der Waals surface area contributed by atoms with Crippen LogP contribution in [-0.4, -0.2) is 9.97 Å². The predicted molar refractivity (Wildman–Crippen MR) is 93.2 cm³/mol. The largest absolute Gasteiger partial charge is 0.264 e. The zero-order valence-electron chi connectivity index (χ0n) is 11.5. The van der Waals surface area contributed by atoms with Gasteiger partial charge in [0.1, 0.15) is 0 Å². The van der Waals surface area contributed by atoms with Gasteiger partial charge in [-0.05, 0) is 70.0 Å². The van der Waals surface area contributed by atoms with Crippen LogP contribution in [0.5, 0.6) is 0 Å². The minimum absolute atomic E-state index is 0.283. The molecule has 0 bridgehead atoms. The van der Waals surface area contributed by atoms with Gasteiger partial charge in [0.25, 0.3) is 0 Å². The first-order valence-corrected chi connectivity index (χ1v) is 7.95. The quantitative estimate of drug-likeness (QED) is 0.619. The number of benzene rings is 1. The normalized spacial score (nSPS) is 10.8. The summed E-state index contributed by atoms with van der Waals surface area (Å²) in [5.74, 6) is 0.283. The Balaban J connectivity index is 1.97.